The summed E-state index contributed by atoms with van der Waals surface area (Å²) in [5.41, 5.74) is 1.09. The first-order valence-electron chi connectivity index (χ1n) is 7.20. The van der Waals surface area contributed by atoms with Crippen molar-refractivity contribution in [1.29, 1.82) is 0 Å². The van der Waals surface area contributed by atoms with Crippen LogP contribution in [-0.2, 0) is 11.3 Å². The van der Waals surface area contributed by atoms with Crippen molar-refractivity contribution in [3.05, 3.63) is 60.2 Å². The molecule has 2 rings (SSSR count). The summed E-state index contributed by atoms with van der Waals surface area (Å²) in [6, 6.07) is 17.1. The molecule has 0 aliphatic heterocycles. The van der Waals surface area contributed by atoms with Crippen molar-refractivity contribution >= 4 is 5.91 Å². The summed E-state index contributed by atoms with van der Waals surface area (Å²) in [5.74, 6) is 1.26. The lowest BCUT2D eigenvalue weighted by atomic mass is 10.2. The number of hydrogen-bond acceptors (Lipinski definition) is 3. The zero-order valence-corrected chi connectivity index (χ0v) is 13.2. The van der Waals surface area contributed by atoms with Crippen molar-refractivity contribution in [2.24, 2.45) is 0 Å². The summed E-state index contributed by atoms with van der Waals surface area (Å²) in [6.45, 7) is 2.31. The molecule has 4 nitrogen and oxygen atoms in total. The highest BCUT2D eigenvalue weighted by Gasteiger charge is 2.19. The van der Waals surface area contributed by atoms with E-state index in [9.17, 15) is 4.79 Å². The van der Waals surface area contributed by atoms with E-state index in [1.807, 2.05) is 48.5 Å². The van der Waals surface area contributed by atoms with Gasteiger partial charge in [0.25, 0.3) is 5.91 Å². The van der Waals surface area contributed by atoms with E-state index in [0.717, 1.165) is 5.56 Å². The Kier molecular flexibility index (Phi) is 5.42. The number of benzene rings is 2. The van der Waals surface area contributed by atoms with E-state index in [0.29, 0.717) is 18.0 Å². The van der Waals surface area contributed by atoms with Crippen LogP contribution in [0.2, 0.25) is 0 Å². The summed E-state index contributed by atoms with van der Waals surface area (Å²) < 4.78 is 10.9. The molecule has 0 heterocycles. The van der Waals surface area contributed by atoms with Crippen LogP contribution in [0.15, 0.2) is 54.6 Å². The fourth-order valence-corrected chi connectivity index (χ4v) is 2.17. The van der Waals surface area contributed by atoms with E-state index < -0.39 is 6.10 Å². The molecule has 2 aromatic rings. The molecule has 1 amide bonds. The van der Waals surface area contributed by atoms with E-state index in [2.05, 4.69) is 0 Å². The quantitative estimate of drug-likeness (QED) is 0.822. The maximum atomic E-state index is 12.4. The predicted molar refractivity (Wildman–Crippen MR) is 86.0 cm³/mol. The van der Waals surface area contributed by atoms with E-state index >= 15 is 0 Å². The second kappa shape index (κ2) is 7.50. The number of methoxy groups -OCH3 is 1. The standard InChI is InChI=1S/C18H21NO3/c1-14(22-17-11-7-10-16(12-17)21-3)18(20)19(2)13-15-8-5-4-6-9-15/h4-12,14H,13H2,1-3H3/t14-/m1/s1. The average Bonchev–Trinajstić information content (AvgIpc) is 2.55. The molecule has 0 spiro atoms. The summed E-state index contributed by atoms with van der Waals surface area (Å²) in [7, 11) is 3.38. The number of likely N-dealkylation sites (N-methyl/N-ethyl adjacent to an activating group) is 1. The average molecular weight is 299 g/mol. The largest absolute Gasteiger partial charge is 0.497 e. The van der Waals surface area contributed by atoms with Crippen LogP contribution in [0.25, 0.3) is 0 Å². The topological polar surface area (TPSA) is 38.8 Å². The molecule has 0 saturated carbocycles. The normalized spacial score (nSPS) is 11.6. The van der Waals surface area contributed by atoms with Crippen molar-refractivity contribution in [3.63, 3.8) is 0 Å². The molecule has 2 aromatic carbocycles. The number of nitrogens with zero attached hydrogens (tertiary/aromatic N) is 1. The van der Waals surface area contributed by atoms with Crippen LogP contribution >= 0.6 is 0 Å². The summed E-state index contributed by atoms with van der Waals surface area (Å²) >= 11 is 0. The maximum absolute atomic E-state index is 12.4. The van der Waals surface area contributed by atoms with Gasteiger partial charge in [0.2, 0.25) is 0 Å². The van der Waals surface area contributed by atoms with Gasteiger partial charge in [0.15, 0.2) is 6.10 Å². The van der Waals surface area contributed by atoms with Gasteiger partial charge in [-0.1, -0.05) is 36.4 Å². The van der Waals surface area contributed by atoms with Crippen LogP contribution in [-0.4, -0.2) is 31.1 Å². The minimum atomic E-state index is -0.555. The monoisotopic (exact) mass is 299 g/mol. The highest BCUT2D eigenvalue weighted by molar-refractivity contribution is 5.80. The molecule has 0 radical (unpaired) electrons. The Morgan fingerprint density at radius 2 is 1.77 bits per heavy atom. The number of carbonyl (C=O) groups is 1. The van der Waals surface area contributed by atoms with Crippen LogP contribution < -0.4 is 9.47 Å². The van der Waals surface area contributed by atoms with Gasteiger partial charge in [-0.2, -0.15) is 0 Å². The Morgan fingerprint density at radius 1 is 1.09 bits per heavy atom. The van der Waals surface area contributed by atoms with Gasteiger partial charge >= 0.3 is 0 Å². The summed E-state index contributed by atoms with van der Waals surface area (Å²) in [5, 5.41) is 0. The molecule has 116 valence electrons. The van der Waals surface area contributed by atoms with Gasteiger partial charge in [0, 0.05) is 19.7 Å². The van der Waals surface area contributed by atoms with E-state index in [1.54, 1.807) is 32.0 Å². The highest BCUT2D eigenvalue weighted by Crippen LogP contribution is 2.20. The lowest BCUT2D eigenvalue weighted by Crippen LogP contribution is -2.37. The van der Waals surface area contributed by atoms with Gasteiger partial charge in [0.05, 0.1) is 7.11 Å². The Labute approximate surface area is 131 Å². The number of rotatable bonds is 6. The number of amides is 1. The Hall–Kier alpha value is -2.49. The molecule has 0 fully saturated rings. The third-order valence-electron chi connectivity index (χ3n) is 3.34. The zero-order chi connectivity index (χ0) is 15.9. The van der Waals surface area contributed by atoms with Crippen molar-refractivity contribution in [2.75, 3.05) is 14.2 Å². The Balaban J connectivity index is 1.96. The van der Waals surface area contributed by atoms with E-state index in [4.69, 9.17) is 9.47 Å². The molecule has 4 heteroatoms. The first-order valence-corrected chi connectivity index (χ1v) is 7.20. The van der Waals surface area contributed by atoms with Gasteiger partial charge in [-0.25, -0.2) is 0 Å². The smallest absolute Gasteiger partial charge is 0.263 e. The first-order chi connectivity index (χ1) is 10.6. The molecule has 0 unspecified atom stereocenters. The summed E-state index contributed by atoms with van der Waals surface area (Å²) in [4.78, 5) is 14.0. The highest BCUT2D eigenvalue weighted by atomic mass is 16.5. The Bertz CT molecular complexity index is 613. The molecule has 0 saturated heterocycles. The van der Waals surface area contributed by atoms with Crippen LogP contribution in [0, 0.1) is 0 Å². The van der Waals surface area contributed by atoms with E-state index in [1.165, 1.54) is 0 Å². The lowest BCUT2D eigenvalue weighted by molar-refractivity contribution is -0.137. The fraction of sp³-hybridized carbons (Fsp3) is 0.278. The zero-order valence-electron chi connectivity index (χ0n) is 13.2. The van der Waals surface area contributed by atoms with E-state index in [-0.39, 0.29) is 5.91 Å². The maximum Gasteiger partial charge on any atom is 0.263 e. The Morgan fingerprint density at radius 3 is 2.45 bits per heavy atom. The van der Waals surface area contributed by atoms with Crippen LogP contribution in [0.5, 0.6) is 11.5 Å². The molecule has 0 aliphatic carbocycles. The molecule has 0 aromatic heterocycles. The third kappa shape index (κ3) is 4.25. The molecular weight excluding hydrogens is 278 g/mol. The van der Waals surface area contributed by atoms with Gasteiger partial charge < -0.3 is 14.4 Å². The van der Waals surface area contributed by atoms with Crippen molar-refractivity contribution in [2.45, 2.75) is 19.6 Å². The number of ether oxygens (including phenoxy) is 2. The second-order valence-corrected chi connectivity index (χ2v) is 5.12. The number of carbonyl (C=O) groups excluding carboxylic acids is 1. The van der Waals surface area contributed by atoms with Crippen molar-refractivity contribution in [3.8, 4) is 11.5 Å². The van der Waals surface area contributed by atoms with Crippen LogP contribution in [0.4, 0.5) is 0 Å². The molecule has 0 bridgehead atoms. The van der Waals surface area contributed by atoms with Gasteiger partial charge in [0.1, 0.15) is 11.5 Å². The molecule has 1 atom stereocenters. The van der Waals surface area contributed by atoms with Crippen molar-refractivity contribution < 1.29 is 14.3 Å². The lowest BCUT2D eigenvalue weighted by Gasteiger charge is -2.22. The predicted octanol–water partition coefficient (Wildman–Crippen LogP) is 3.12. The molecule has 0 N–H and O–H groups in total. The van der Waals surface area contributed by atoms with Gasteiger partial charge in [-0.15, -0.1) is 0 Å². The molecular formula is C18H21NO3. The van der Waals surface area contributed by atoms with Gasteiger partial charge in [-0.3, -0.25) is 4.79 Å². The first kappa shape index (κ1) is 15.9. The van der Waals surface area contributed by atoms with Crippen LogP contribution in [0.1, 0.15) is 12.5 Å². The SMILES string of the molecule is COc1cccc(O[C@H](C)C(=O)N(C)Cc2ccccc2)c1. The number of hydrogen-bond donors (Lipinski definition) is 0. The molecule has 22 heavy (non-hydrogen) atoms. The van der Waals surface area contributed by atoms with Crippen LogP contribution in [0.3, 0.4) is 0 Å². The second-order valence-electron chi connectivity index (χ2n) is 5.12. The summed E-state index contributed by atoms with van der Waals surface area (Å²) in [6.07, 6.45) is -0.555. The minimum absolute atomic E-state index is 0.0633. The van der Waals surface area contributed by atoms with Crippen molar-refractivity contribution in [1.82, 2.24) is 4.90 Å². The fourth-order valence-electron chi connectivity index (χ4n) is 2.17. The van der Waals surface area contributed by atoms with Gasteiger partial charge in [-0.05, 0) is 24.6 Å². The molecule has 0 aliphatic rings. The third-order valence-corrected chi connectivity index (χ3v) is 3.34. The minimum Gasteiger partial charge on any atom is -0.497 e.